The highest BCUT2D eigenvalue weighted by Crippen LogP contribution is 2.38. The standard InChI is InChI=1S/C18H26N2O3S/c1-12-7-9-20(10-8-12)11-15(21)19-17-16(18(22)23-2)13-5-3-4-6-14(13)24-17/h12H,3-11H2,1-2H3,(H,19,21). The van der Waals surface area contributed by atoms with E-state index in [0.29, 0.717) is 17.1 Å². The Balaban J connectivity index is 1.71. The van der Waals surface area contributed by atoms with Crippen molar-refractivity contribution in [2.24, 2.45) is 5.92 Å². The van der Waals surface area contributed by atoms with Gasteiger partial charge in [0.1, 0.15) is 5.00 Å². The summed E-state index contributed by atoms with van der Waals surface area (Å²) < 4.78 is 4.95. The third-order valence-corrected chi connectivity index (χ3v) is 6.26. The van der Waals surface area contributed by atoms with E-state index in [1.54, 1.807) is 11.3 Å². The van der Waals surface area contributed by atoms with E-state index < -0.39 is 0 Å². The number of amides is 1. The third-order valence-electron chi connectivity index (χ3n) is 5.06. The molecule has 1 saturated heterocycles. The monoisotopic (exact) mass is 350 g/mol. The summed E-state index contributed by atoms with van der Waals surface area (Å²) in [4.78, 5) is 28.1. The van der Waals surface area contributed by atoms with Crippen molar-refractivity contribution in [3.63, 3.8) is 0 Å². The molecule has 1 N–H and O–H groups in total. The van der Waals surface area contributed by atoms with E-state index >= 15 is 0 Å². The number of hydrogen-bond donors (Lipinski definition) is 1. The minimum atomic E-state index is -0.337. The Morgan fingerprint density at radius 3 is 2.67 bits per heavy atom. The van der Waals surface area contributed by atoms with Gasteiger partial charge >= 0.3 is 5.97 Å². The number of likely N-dealkylation sites (tertiary alicyclic amines) is 1. The number of ether oxygens (including phenoxy) is 1. The normalized spacial score (nSPS) is 18.9. The summed E-state index contributed by atoms with van der Waals surface area (Å²) in [6.07, 6.45) is 6.42. The molecule has 1 aromatic heterocycles. The molecule has 132 valence electrons. The van der Waals surface area contributed by atoms with Crippen molar-refractivity contribution in [1.29, 1.82) is 0 Å². The van der Waals surface area contributed by atoms with Gasteiger partial charge in [0.15, 0.2) is 0 Å². The molecule has 3 rings (SSSR count). The summed E-state index contributed by atoms with van der Waals surface area (Å²) >= 11 is 1.55. The van der Waals surface area contributed by atoms with E-state index in [4.69, 9.17) is 4.74 Å². The fourth-order valence-electron chi connectivity index (χ4n) is 3.56. The molecular formula is C18H26N2O3S. The van der Waals surface area contributed by atoms with Gasteiger partial charge in [-0.1, -0.05) is 6.92 Å². The Morgan fingerprint density at radius 2 is 1.96 bits per heavy atom. The van der Waals surface area contributed by atoms with Crippen LogP contribution in [0.2, 0.25) is 0 Å². The molecule has 2 aliphatic rings. The van der Waals surface area contributed by atoms with Gasteiger partial charge in [-0.2, -0.15) is 0 Å². The first kappa shape index (κ1) is 17.4. The van der Waals surface area contributed by atoms with Crippen LogP contribution >= 0.6 is 11.3 Å². The van der Waals surface area contributed by atoms with Gasteiger partial charge < -0.3 is 10.1 Å². The van der Waals surface area contributed by atoms with E-state index in [9.17, 15) is 9.59 Å². The molecule has 0 aromatic carbocycles. The number of hydrogen-bond acceptors (Lipinski definition) is 5. The highest BCUT2D eigenvalue weighted by atomic mass is 32.1. The molecule has 0 saturated carbocycles. The Labute approximate surface area is 147 Å². The van der Waals surface area contributed by atoms with Crippen molar-refractivity contribution in [1.82, 2.24) is 4.90 Å². The lowest BCUT2D eigenvalue weighted by Gasteiger charge is -2.29. The maximum absolute atomic E-state index is 12.4. The minimum absolute atomic E-state index is 0.0340. The topological polar surface area (TPSA) is 58.6 Å². The van der Waals surface area contributed by atoms with Crippen molar-refractivity contribution in [3.05, 3.63) is 16.0 Å². The summed E-state index contributed by atoms with van der Waals surface area (Å²) in [6.45, 7) is 4.60. The largest absolute Gasteiger partial charge is 0.465 e. The van der Waals surface area contributed by atoms with E-state index in [1.165, 1.54) is 12.0 Å². The molecule has 1 aliphatic carbocycles. The number of nitrogens with one attached hydrogen (secondary N) is 1. The van der Waals surface area contributed by atoms with Crippen LogP contribution in [0.25, 0.3) is 0 Å². The molecule has 0 bridgehead atoms. The Kier molecular flexibility index (Phi) is 5.56. The van der Waals surface area contributed by atoms with Crippen molar-refractivity contribution >= 4 is 28.2 Å². The summed E-state index contributed by atoms with van der Waals surface area (Å²) in [5.74, 6) is 0.379. The number of thiophene rings is 1. The van der Waals surface area contributed by atoms with Gasteiger partial charge in [-0.3, -0.25) is 9.69 Å². The minimum Gasteiger partial charge on any atom is -0.465 e. The molecule has 5 nitrogen and oxygen atoms in total. The zero-order valence-electron chi connectivity index (χ0n) is 14.5. The average Bonchev–Trinajstić information content (AvgIpc) is 2.94. The molecular weight excluding hydrogens is 324 g/mol. The number of esters is 1. The lowest BCUT2D eigenvalue weighted by Crippen LogP contribution is -2.38. The van der Waals surface area contributed by atoms with Crippen LogP contribution in [-0.2, 0) is 22.4 Å². The van der Waals surface area contributed by atoms with Crippen LogP contribution in [0.4, 0.5) is 5.00 Å². The molecule has 1 aliphatic heterocycles. The number of piperidine rings is 1. The van der Waals surface area contributed by atoms with Gasteiger partial charge in [0, 0.05) is 4.88 Å². The van der Waals surface area contributed by atoms with Gasteiger partial charge in [0.2, 0.25) is 5.91 Å². The van der Waals surface area contributed by atoms with Gasteiger partial charge in [-0.05, 0) is 63.1 Å². The fourth-order valence-corrected chi connectivity index (χ4v) is 4.85. The summed E-state index contributed by atoms with van der Waals surface area (Å²) in [6, 6.07) is 0. The van der Waals surface area contributed by atoms with E-state index in [1.807, 2.05) is 0 Å². The predicted molar refractivity (Wildman–Crippen MR) is 95.8 cm³/mol. The lowest BCUT2D eigenvalue weighted by molar-refractivity contribution is -0.117. The van der Waals surface area contributed by atoms with Gasteiger partial charge in [0.25, 0.3) is 0 Å². The van der Waals surface area contributed by atoms with Crippen LogP contribution in [0.5, 0.6) is 0 Å². The molecule has 2 heterocycles. The van der Waals surface area contributed by atoms with Crippen LogP contribution in [0.15, 0.2) is 0 Å². The number of carbonyl (C=O) groups is 2. The third kappa shape index (κ3) is 3.81. The van der Waals surface area contributed by atoms with Crippen molar-refractivity contribution in [3.8, 4) is 0 Å². The second kappa shape index (κ2) is 7.66. The molecule has 0 radical (unpaired) electrons. The van der Waals surface area contributed by atoms with Gasteiger partial charge in [-0.25, -0.2) is 4.79 Å². The van der Waals surface area contributed by atoms with E-state index in [2.05, 4.69) is 17.1 Å². The van der Waals surface area contributed by atoms with Crippen LogP contribution in [0.1, 0.15) is 53.4 Å². The summed E-state index contributed by atoms with van der Waals surface area (Å²) in [7, 11) is 1.40. The molecule has 0 atom stereocenters. The molecule has 1 amide bonds. The molecule has 0 unspecified atom stereocenters. The second-order valence-electron chi connectivity index (χ2n) is 6.91. The first-order chi connectivity index (χ1) is 11.6. The van der Waals surface area contributed by atoms with Crippen molar-refractivity contribution in [2.75, 3.05) is 32.1 Å². The predicted octanol–water partition coefficient (Wildman–Crippen LogP) is 3.08. The van der Waals surface area contributed by atoms with Crippen LogP contribution in [0, 0.1) is 5.92 Å². The molecule has 24 heavy (non-hydrogen) atoms. The number of carbonyl (C=O) groups excluding carboxylic acids is 2. The van der Waals surface area contributed by atoms with Gasteiger partial charge in [0.05, 0.1) is 19.2 Å². The fraction of sp³-hybridized carbons (Fsp3) is 0.667. The quantitative estimate of drug-likeness (QED) is 0.848. The number of nitrogens with zero attached hydrogens (tertiary/aromatic N) is 1. The number of anilines is 1. The van der Waals surface area contributed by atoms with E-state index in [0.717, 1.165) is 63.1 Å². The maximum atomic E-state index is 12.4. The molecule has 1 fully saturated rings. The molecule has 0 spiro atoms. The van der Waals surface area contributed by atoms with E-state index in [-0.39, 0.29) is 11.9 Å². The molecule has 1 aromatic rings. The Morgan fingerprint density at radius 1 is 1.25 bits per heavy atom. The smallest absolute Gasteiger partial charge is 0.341 e. The Bertz CT molecular complexity index is 618. The summed E-state index contributed by atoms with van der Waals surface area (Å²) in [5.41, 5.74) is 1.66. The maximum Gasteiger partial charge on any atom is 0.341 e. The number of rotatable bonds is 4. The highest BCUT2D eigenvalue weighted by Gasteiger charge is 2.27. The number of fused-ring (bicyclic) bond motifs is 1. The van der Waals surface area contributed by atoms with Crippen LogP contribution in [-0.4, -0.2) is 43.5 Å². The first-order valence-electron chi connectivity index (χ1n) is 8.83. The molecule has 6 heteroatoms. The zero-order chi connectivity index (χ0) is 17.1. The van der Waals surface area contributed by atoms with Gasteiger partial charge in [-0.15, -0.1) is 11.3 Å². The Hall–Kier alpha value is -1.40. The number of aryl methyl sites for hydroxylation is 1. The van der Waals surface area contributed by atoms with Crippen LogP contribution in [0.3, 0.4) is 0 Å². The lowest BCUT2D eigenvalue weighted by atomic mass is 9.95. The average molecular weight is 350 g/mol. The van der Waals surface area contributed by atoms with Crippen molar-refractivity contribution in [2.45, 2.75) is 45.4 Å². The van der Waals surface area contributed by atoms with Crippen molar-refractivity contribution < 1.29 is 14.3 Å². The first-order valence-corrected chi connectivity index (χ1v) is 9.65. The second-order valence-corrected chi connectivity index (χ2v) is 8.02. The highest BCUT2D eigenvalue weighted by molar-refractivity contribution is 7.17. The number of methoxy groups -OCH3 is 1. The zero-order valence-corrected chi connectivity index (χ0v) is 15.3. The summed E-state index contributed by atoms with van der Waals surface area (Å²) in [5, 5.41) is 3.65. The van der Waals surface area contributed by atoms with Crippen LogP contribution < -0.4 is 5.32 Å². The SMILES string of the molecule is COC(=O)c1c(NC(=O)CN2CCC(C)CC2)sc2c1CCCC2.